The Balaban J connectivity index is 1.45. The Morgan fingerprint density at radius 3 is 1.87 bits per heavy atom. The van der Waals surface area contributed by atoms with Crippen LogP contribution in [0.3, 0.4) is 0 Å². The lowest BCUT2D eigenvalue weighted by Gasteiger charge is -2.12. The number of aldehydes is 1. The topological polar surface area (TPSA) is 35.5 Å². The molecule has 156 valence electrons. The number of halogens is 2. The summed E-state index contributed by atoms with van der Waals surface area (Å²) in [5.74, 6) is 1.22. The third kappa shape index (κ3) is 6.51. The van der Waals surface area contributed by atoms with Crippen LogP contribution in [0, 0.1) is 0 Å². The van der Waals surface area contributed by atoms with Gasteiger partial charge in [-0.1, -0.05) is 59.6 Å². The molecule has 0 aliphatic rings. The van der Waals surface area contributed by atoms with Crippen LogP contribution in [0.25, 0.3) is 0 Å². The Morgan fingerprint density at radius 1 is 0.733 bits per heavy atom. The van der Waals surface area contributed by atoms with Gasteiger partial charge in [0.25, 0.3) is 0 Å². The quantitative estimate of drug-likeness (QED) is 0.241. The summed E-state index contributed by atoms with van der Waals surface area (Å²) < 4.78 is 11.6. The first-order chi connectivity index (χ1) is 14.7. The maximum atomic E-state index is 11.5. The lowest BCUT2D eigenvalue weighted by molar-refractivity contribution is 0.111. The Labute approximate surface area is 187 Å². The first-order valence-electron chi connectivity index (χ1n) is 9.99. The monoisotopic (exact) mass is 442 g/mol. The van der Waals surface area contributed by atoms with Gasteiger partial charge in [-0.3, -0.25) is 4.79 Å². The molecule has 0 aliphatic heterocycles. The van der Waals surface area contributed by atoms with Gasteiger partial charge >= 0.3 is 0 Å². The lowest BCUT2D eigenvalue weighted by Crippen LogP contribution is -2.03. The van der Waals surface area contributed by atoms with Crippen molar-refractivity contribution in [2.45, 2.75) is 25.7 Å². The summed E-state index contributed by atoms with van der Waals surface area (Å²) in [5, 5.41) is 1.54. The zero-order valence-corrected chi connectivity index (χ0v) is 18.2. The highest BCUT2D eigenvalue weighted by Gasteiger charge is 2.07. The van der Waals surface area contributed by atoms with E-state index in [-0.39, 0.29) is 0 Å². The summed E-state index contributed by atoms with van der Waals surface area (Å²) in [6.07, 6.45) is 4.10. The van der Waals surface area contributed by atoms with Gasteiger partial charge in [0, 0.05) is 10.0 Å². The van der Waals surface area contributed by atoms with Crippen molar-refractivity contribution < 1.29 is 14.3 Å². The van der Waals surface area contributed by atoms with Gasteiger partial charge < -0.3 is 9.47 Å². The molecule has 3 aromatic carbocycles. The number of benzene rings is 3. The van der Waals surface area contributed by atoms with Crippen LogP contribution in [-0.2, 0) is 12.8 Å². The average molecular weight is 443 g/mol. The number of aryl methyl sites for hydroxylation is 2. The van der Waals surface area contributed by atoms with Crippen LogP contribution in [0.5, 0.6) is 11.5 Å². The molecule has 0 amide bonds. The maximum Gasteiger partial charge on any atom is 0.153 e. The summed E-state index contributed by atoms with van der Waals surface area (Å²) in [7, 11) is 0. The molecule has 0 fully saturated rings. The molecule has 0 spiro atoms. The molecule has 0 unspecified atom stereocenters. The average Bonchev–Trinajstić information content (AvgIpc) is 2.77. The minimum Gasteiger partial charge on any atom is -0.494 e. The Morgan fingerprint density at radius 2 is 1.30 bits per heavy atom. The highest BCUT2D eigenvalue weighted by Crippen LogP contribution is 2.24. The van der Waals surface area contributed by atoms with E-state index in [9.17, 15) is 4.79 Å². The maximum absolute atomic E-state index is 11.5. The first kappa shape index (κ1) is 22.2. The van der Waals surface area contributed by atoms with Gasteiger partial charge in [0.2, 0.25) is 0 Å². The molecule has 0 heterocycles. The predicted octanol–water partition coefficient (Wildman–Crippen LogP) is 6.83. The van der Waals surface area contributed by atoms with Gasteiger partial charge in [0.05, 0.1) is 18.8 Å². The molecule has 0 aliphatic carbocycles. The second-order valence-corrected chi connectivity index (χ2v) is 7.72. The van der Waals surface area contributed by atoms with E-state index < -0.39 is 0 Å². The van der Waals surface area contributed by atoms with E-state index in [1.807, 2.05) is 54.6 Å². The molecule has 0 atom stereocenters. The zero-order valence-electron chi connectivity index (χ0n) is 16.7. The minimum absolute atomic E-state index is 0.483. The number of hydrogen-bond donors (Lipinski definition) is 0. The van der Waals surface area contributed by atoms with Gasteiger partial charge in [-0.25, -0.2) is 0 Å². The van der Waals surface area contributed by atoms with Crippen LogP contribution >= 0.6 is 23.2 Å². The van der Waals surface area contributed by atoms with Crippen molar-refractivity contribution in [3.8, 4) is 11.5 Å². The molecule has 0 saturated heterocycles. The first-order valence-corrected chi connectivity index (χ1v) is 10.7. The number of carbonyl (C=O) groups is 1. The van der Waals surface area contributed by atoms with E-state index in [4.69, 9.17) is 32.7 Å². The number of ether oxygens (including phenoxy) is 2. The highest BCUT2D eigenvalue weighted by atomic mass is 35.5. The Bertz CT molecular complexity index is 972. The molecule has 3 rings (SSSR count). The molecule has 3 nitrogen and oxygen atoms in total. The summed E-state index contributed by atoms with van der Waals surface area (Å²) in [6.45, 7) is 1.05. The summed E-state index contributed by atoms with van der Waals surface area (Å²) in [4.78, 5) is 11.5. The smallest absolute Gasteiger partial charge is 0.153 e. The van der Waals surface area contributed by atoms with Gasteiger partial charge in [0.1, 0.15) is 11.5 Å². The van der Waals surface area contributed by atoms with Crippen LogP contribution < -0.4 is 9.47 Å². The van der Waals surface area contributed by atoms with E-state index in [2.05, 4.69) is 0 Å². The number of hydrogen-bond acceptors (Lipinski definition) is 3. The summed E-state index contributed by atoms with van der Waals surface area (Å²) >= 11 is 12.3. The van der Waals surface area contributed by atoms with Crippen LogP contribution in [0.1, 0.15) is 34.3 Å². The Kier molecular flexibility index (Phi) is 8.61. The van der Waals surface area contributed by atoms with Crippen LogP contribution in [-0.4, -0.2) is 19.5 Å². The molecular weight excluding hydrogens is 419 g/mol. The van der Waals surface area contributed by atoms with Gasteiger partial charge in [-0.15, -0.1) is 0 Å². The van der Waals surface area contributed by atoms with Crippen LogP contribution in [0.15, 0.2) is 66.7 Å². The molecule has 30 heavy (non-hydrogen) atoms. The third-order valence-corrected chi connectivity index (χ3v) is 5.47. The third-order valence-electron chi connectivity index (χ3n) is 4.73. The fourth-order valence-electron chi connectivity index (χ4n) is 3.14. The normalized spacial score (nSPS) is 10.6. The van der Waals surface area contributed by atoms with Crippen molar-refractivity contribution in [1.29, 1.82) is 0 Å². The largest absolute Gasteiger partial charge is 0.494 e. The van der Waals surface area contributed by atoms with Crippen molar-refractivity contribution in [2.75, 3.05) is 13.2 Å². The van der Waals surface area contributed by atoms with Gasteiger partial charge in [0.15, 0.2) is 6.29 Å². The van der Waals surface area contributed by atoms with E-state index in [0.29, 0.717) is 30.3 Å². The fourth-order valence-corrected chi connectivity index (χ4v) is 3.60. The van der Waals surface area contributed by atoms with Gasteiger partial charge in [-0.05, 0) is 67.1 Å². The van der Waals surface area contributed by atoms with E-state index in [1.165, 1.54) is 0 Å². The molecule has 0 N–H and O–H groups in total. The molecule has 3 aromatic rings. The number of rotatable bonds is 11. The molecule has 0 saturated carbocycles. The van der Waals surface area contributed by atoms with Crippen molar-refractivity contribution >= 4 is 29.5 Å². The fraction of sp³-hybridized carbons (Fsp3) is 0.240. The Hall–Kier alpha value is -2.49. The van der Waals surface area contributed by atoms with Crippen molar-refractivity contribution in [1.82, 2.24) is 0 Å². The summed E-state index contributed by atoms with van der Waals surface area (Å²) in [5.41, 5.74) is 2.69. The zero-order chi connectivity index (χ0) is 21.2. The number of carbonyl (C=O) groups excluding carboxylic acids is 1. The molecule has 0 aromatic heterocycles. The molecule has 5 heteroatoms. The highest BCUT2D eigenvalue weighted by molar-refractivity contribution is 6.31. The van der Waals surface area contributed by atoms with Crippen LogP contribution in [0.4, 0.5) is 0 Å². The van der Waals surface area contributed by atoms with E-state index >= 15 is 0 Å². The second kappa shape index (κ2) is 11.6. The minimum atomic E-state index is 0.483. The standard InChI is InChI=1S/C25H24Cl2O3/c26-23-11-3-1-7-19(23)9-5-15-29-22-13-14-25(21(17-22)18-28)30-16-6-10-20-8-2-4-12-24(20)27/h1-4,7-8,11-14,17-18H,5-6,9-10,15-16H2. The second-order valence-electron chi connectivity index (χ2n) is 6.90. The van der Waals surface area contributed by atoms with Gasteiger partial charge in [-0.2, -0.15) is 0 Å². The van der Waals surface area contributed by atoms with Crippen molar-refractivity contribution in [3.63, 3.8) is 0 Å². The van der Waals surface area contributed by atoms with Crippen molar-refractivity contribution in [2.24, 2.45) is 0 Å². The SMILES string of the molecule is O=Cc1cc(OCCCc2ccccc2Cl)ccc1OCCCc1ccccc1Cl. The molecular formula is C25H24Cl2O3. The van der Waals surface area contributed by atoms with E-state index in [0.717, 1.165) is 53.1 Å². The predicted molar refractivity (Wildman–Crippen MR) is 122 cm³/mol. The van der Waals surface area contributed by atoms with E-state index in [1.54, 1.807) is 12.1 Å². The summed E-state index contributed by atoms with van der Waals surface area (Å²) in [6, 6.07) is 20.9. The van der Waals surface area contributed by atoms with Crippen molar-refractivity contribution in [3.05, 3.63) is 93.5 Å². The molecule has 0 bridgehead atoms. The lowest BCUT2D eigenvalue weighted by atomic mass is 10.1. The van der Waals surface area contributed by atoms with Crippen LogP contribution in [0.2, 0.25) is 10.0 Å². The molecule has 0 radical (unpaired) electrons.